The summed E-state index contributed by atoms with van der Waals surface area (Å²) in [4.78, 5) is 12.9. The van der Waals surface area contributed by atoms with E-state index in [0.29, 0.717) is 0 Å². The number of carbonyl (C=O) groups excluding carboxylic acids is 1. The van der Waals surface area contributed by atoms with E-state index < -0.39 is 16.1 Å². The lowest BCUT2D eigenvalue weighted by Crippen LogP contribution is -2.49. The number of nitrogens with one attached hydrogen (secondary N) is 2. The first kappa shape index (κ1) is 21.0. The minimum Gasteiger partial charge on any atom is -0.349 e. The molecule has 0 bridgehead atoms. The summed E-state index contributed by atoms with van der Waals surface area (Å²) in [5.74, 6) is -0.610. The Hall–Kier alpha value is -2.71. The van der Waals surface area contributed by atoms with Crippen molar-refractivity contribution in [1.82, 2.24) is 19.8 Å². The van der Waals surface area contributed by atoms with Crippen molar-refractivity contribution in [2.45, 2.75) is 38.3 Å². The van der Waals surface area contributed by atoms with Crippen LogP contribution in [0.4, 0.5) is 0 Å². The number of carbonyl (C=O) groups is 1. The van der Waals surface area contributed by atoms with Gasteiger partial charge in [-0.05, 0) is 31.0 Å². The summed E-state index contributed by atoms with van der Waals surface area (Å²) in [5, 5.41) is 8.24. The number of nitrogens with zero attached hydrogens (tertiary/aromatic N) is 2. The van der Waals surface area contributed by atoms with E-state index in [0.717, 1.165) is 22.2 Å². The molecule has 29 heavy (non-hydrogen) atoms. The van der Waals surface area contributed by atoms with Gasteiger partial charge in [0.15, 0.2) is 0 Å². The van der Waals surface area contributed by atoms with E-state index in [1.165, 1.54) is 12.1 Å². The third-order valence-corrected chi connectivity index (χ3v) is 6.28. The second-order valence-electron chi connectivity index (χ2n) is 7.46. The highest BCUT2D eigenvalue weighted by atomic mass is 32.2. The molecule has 3 rings (SSSR count). The zero-order chi connectivity index (χ0) is 21.2. The average Bonchev–Trinajstić information content (AvgIpc) is 3.00. The molecule has 0 aliphatic carbocycles. The van der Waals surface area contributed by atoms with Crippen molar-refractivity contribution >= 4 is 26.8 Å². The van der Waals surface area contributed by atoms with Gasteiger partial charge in [0.05, 0.1) is 22.7 Å². The van der Waals surface area contributed by atoms with E-state index in [1.807, 2.05) is 38.2 Å². The molecular weight excluding hydrogens is 388 g/mol. The van der Waals surface area contributed by atoms with Gasteiger partial charge >= 0.3 is 0 Å². The van der Waals surface area contributed by atoms with Crippen LogP contribution >= 0.6 is 0 Å². The minimum absolute atomic E-state index is 0.136. The number of amides is 1. The van der Waals surface area contributed by atoms with Gasteiger partial charge in [-0.3, -0.25) is 9.48 Å². The second kappa shape index (κ2) is 8.34. The summed E-state index contributed by atoms with van der Waals surface area (Å²) in [6, 6.07) is 13.4. The first-order valence-corrected chi connectivity index (χ1v) is 10.9. The van der Waals surface area contributed by atoms with Crippen LogP contribution in [0.3, 0.4) is 0 Å². The quantitative estimate of drug-likeness (QED) is 0.621. The fourth-order valence-electron chi connectivity index (χ4n) is 3.14. The van der Waals surface area contributed by atoms with Crippen LogP contribution in [0.25, 0.3) is 10.9 Å². The van der Waals surface area contributed by atoms with Crippen LogP contribution in [-0.2, 0) is 28.4 Å². The third-order valence-electron chi connectivity index (χ3n) is 4.83. The molecule has 0 spiro atoms. The predicted octanol–water partition coefficient (Wildman–Crippen LogP) is 2.50. The zero-order valence-corrected chi connectivity index (χ0v) is 17.8. The van der Waals surface area contributed by atoms with Gasteiger partial charge in [0.1, 0.15) is 6.04 Å². The molecule has 1 atom stereocenters. The van der Waals surface area contributed by atoms with Gasteiger partial charge in [-0.25, -0.2) is 8.42 Å². The van der Waals surface area contributed by atoms with Crippen LogP contribution in [0.15, 0.2) is 53.4 Å². The van der Waals surface area contributed by atoms with Crippen LogP contribution in [0, 0.1) is 12.8 Å². The van der Waals surface area contributed by atoms with Gasteiger partial charge in [0.2, 0.25) is 15.9 Å². The second-order valence-corrected chi connectivity index (χ2v) is 9.18. The Kier molecular flexibility index (Phi) is 6.04. The summed E-state index contributed by atoms with van der Waals surface area (Å²) >= 11 is 0. The van der Waals surface area contributed by atoms with Gasteiger partial charge in [0.25, 0.3) is 0 Å². The van der Waals surface area contributed by atoms with E-state index in [1.54, 1.807) is 30.7 Å². The number of fused-ring (bicyclic) bond motifs is 1. The maximum Gasteiger partial charge on any atom is 0.241 e. The topological polar surface area (TPSA) is 93.1 Å². The van der Waals surface area contributed by atoms with Gasteiger partial charge in [0, 0.05) is 12.4 Å². The van der Waals surface area contributed by atoms with Crippen LogP contribution in [0.2, 0.25) is 0 Å². The Morgan fingerprint density at radius 1 is 1.10 bits per heavy atom. The molecule has 0 saturated heterocycles. The Morgan fingerprint density at radius 2 is 1.76 bits per heavy atom. The smallest absolute Gasteiger partial charge is 0.241 e. The molecule has 7 nitrogen and oxygen atoms in total. The first-order chi connectivity index (χ1) is 13.7. The molecule has 0 aliphatic rings. The fourth-order valence-corrected chi connectivity index (χ4v) is 4.49. The van der Waals surface area contributed by atoms with Crippen LogP contribution < -0.4 is 10.0 Å². The third kappa shape index (κ3) is 4.65. The normalized spacial score (nSPS) is 13.0. The van der Waals surface area contributed by atoms with Crippen molar-refractivity contribution in [3.05, 3.63) is 59.8 Å². The van der Waals surface area contributed by atoms with Crippen LogP contribution in [0.5, 0.6) is 0 Å². The van der Waals surface area contributed by atoms with E-state index in [4.69, 9.17) is 0 Å². The molecule has 3 aromatic rings. The summed E-state index contributed by atoms with van der Waals surface area (Å²) in [6.45, 7) is 5.71. The van der Waals surface area contributed by atoms with Crippen molar-refractivity contribution in [1.29, 1.82) is 0 Å². The largest absolute Gasteiger partial charge is 0.349 e. The lowest BCUT2D eigenvalue weighted by molar-refractivity contribution is -0.123. The summed E-state index contributed by atoms with van der Waals surface area (Å²) in [7, 11) is -1.96. The first-order valence-electron chi connectivity index (χ1n) is 9.46. The van der Waals surface area contributed by atoms with E-state index in [-0.39, 0.29) is 23.3 Å². The molecular formula is C21H26N4O3S. The molecule has 154 valence electrons. The van der Waals surface area contributed by atoms with E-state index in [9.17, 15) is 13.2 Å². The lowest BCUT2D eigenvalue weighted by atomic mass is 10.0. The number of aryl methyl sites for hydroxylation is 2. The van der Waals surface area contributed by atoms with Crippen molar-refractivity contribution in [3.63, 3.8) is 0 Å². The number of hydrogen-bond donors (Lipinski definition) is 2. The minimum atomic E-state index is -3.81. The highest BCUT2D eigenvalue weighted by molar-refractivity contribution is 7.89. The van der Waals surface area contributed by atoms with Crippen molar-refractivity contribution in [2.24, 2.45) is 13.0 Å². The monoisotopic (exact) mass is 414 g/mol. The Labute approximate surface area is 171 Å². The SMILES string of the molecule is Cc1ccc(S(=O)(=O)N[C@H](C(=O)NCc2nn(C)c3ccccc23)C(C)C)cc1. The molecule has 2 aromatic carbocycles. The molecule has 2 N–H and O–H groups in total. The highest BCUT2D eigenvalue weighted by Crippen LogP contribution is 2.18. The Bertz CT molecular complexity index is 1120. The highest BCUT2D eigenvalue weighted by Gasteiger charge is 2.28. The summed E-state index contributed by atoms with van der Waals surface area (Å²) in [5.41, 5.74) is 2.67. The van der Waals surface area contributed by atoms with Crippen molar-refractivity contribution < 1.29 is 13.2 Å². The zero-order valence-electron chi connectivity index (χ0n) is 17.0. The number of benzene rings is 2. The van der Waals surface area contributed by atoms with Crippen molar-refractivity contribution in [3.8, 4) is 0 Å². The lowest BCUT2D eigenvalue weighted by Gasteiger charge is -2.21. The maximum absolute atomic E-state index is 12.8. The average molecular weight is 415 g/mol. The van der Waals surface area contributed by atoms with Crippen LogP contribution in [-0.4, -0.2) is 30.1 Å². The Balaban J connectivity index is 1.75. The van der Waals surface area contributed by atoms with Crippen LogP contribution in [0.1, 0.15) is 25.1 Å². The summed E-state index contributed by atoms with van der Waals surface area (Å²) in [6.07, 6.45) is 0. The number of hydrogen-bond acceptors (Lipinski definition) is 4. The molecule has 0 saturated carbocycles. The molecule has 1 aromatic heterocycles. The molecule has 1 heterocycles. The molecule has 0 radical (unpaired) electrons. The molecule has 1 amide bonds. The molecule has 0 fully saturated rings. The van der Waals surface area contributed by atoms with Gasteiger partial charge in [-0.1, -0.05) is 49.7 Å². The maximum atomic E-state index is 12.8. The Morgan fingerprint density at radius 3 is 2.41 bits per heavy atom. The number of rotatable bonds is 7. The number of aromatic nitrogens is 2. The summed E-state index contributed by atoms with van der Waals surface area (Å²) < 4.78 is 29.7. The van der Waals surface area contributed by atoms with Gasteiger partial charge in [-0.15, -0.1) is 0 Å². The van der Waals surface area contributed by atoms with Crippen molar-refractivity contribution in [2.75, 3.05) is 0 Å². The predicted molar refractivity (Wildman–Crippen MR) is 113 cm³/mol. The molecule has 8 heteroatoms. The van der Waals surface area contributed by atoms with E-state index in [2.05, 4.69) is 15.1 Å². The van der Waals surface area contributed by atoms with E-state index >= 15 is 0 Å². The number of para-hydroxylation sites is 1. The number of sulfonamides is 1. The molecule has 0 aliphatic heterocycles. The molecule has 0 unspecified atom stereocenters. The standard InChI is InChI=1S/C21H26N4O3S/c1-14(2)20(24-29(27,28)16-11-9-15(3)10-12-16)21(26)22-13-18-17-7-5-6-8-19(17)25(4)23-18/h5-12,14,20,24H,13H2,1-4H3,(H,22,26)/t20-/m0/s1. The van der Waals surface area contributed by atoms with Gasteiger partial charge < -0.3 is 5.32 Å². The fraction of sp³-hybridized carbons (Fsp3) is 0.333. The van der Waals surface area contributed by atoms with Gasteiger partial charge in [-0.2, -0.15) is 9.82 Å².